The molecule has 37 heavy (non-hydrogen) atoms. The monoisotopic (exact) mass is 497 g/mol. The second-order valence-electron chi connectivity index (χ2n) is 9.38. The van der Waals surface area contributed by atoms with Gasteiger partial charge < -0.3 is 26.4 Å². The number of carbonyl (C=O) groups is 3. The first-order chi connectivity index (χ1) is 17.7. The van der Waals surface area contributed by atoms with E-state index in [0.717, 1.165) is 22.3 Å². The first-order valence-electron chi connectivity index (χ1n) is 12.0. The molecular formula is C28H27N5O4. The molecular weight excluding hydrogens is 470 g/mol. The number of nitrogens with zero attached hydrogens (tertiary/aromatic N) is 2. The number of likely N-dealkylation sites (N-methyl/N-ethyl adjacent to an activating group) is 1. The molecule has 0 fully saturated rings. The number of anilines is 2. The minimum atomic E-state index is -1.28. The van der Waals surface area contributed by atoms with Crippen molar-refractivity contribution in [1.29, 1.82) is 0 Å². The number of aryl methyl sites for hydroxylation is 1. The number of aliphatic carboxylic acids is 1. The van der Waals surface area contributed by atoms with Gasteiger partial charge in [0.15, 0.2) is 0 Å². The van der Waals surface area contributed by atoms with E-state index in [-0.39, 0.29) is 12.3 Å². The molecule has 3 aromatic carbocycles. The lowest BCUT2D eigenvalue weighted by molar-refractivity contribution is -0.143. The number of para-hydroxylation sites is 1. The molecule has 3 aromatic rings. The molecule has 0 radical (unpaired) electrons. The highest BCUT2D eigenvalue weighted by molar-refractivity contribution is 6.20. The van der Waals surface area contributed by atoms with Crippen LogP contribution in [0.1, 0.15) is 28.7 Å². The van der Waals surface area contributed by atoms with Gasteiger partial charge in [-0.3, -0.25) is 9.59 Å². The number of hydrogen-bond donors (Lipinski definition) is 4. The van der Waals surface area contributed by atoms with Gasteiger partial charge in [-0.05, 0) is 42.2 Å². The summed E-state index contributed by atoms with van der Waals surface area (Å²) in [5.74, 6) is -1.39. The van der Waals surface area contributed by atoms with Crippen LogP contribution in [0, 0.1) is 0 Å². The van der Waals surface area contributed by atoms with Crippen LogP contribution in [0.15, 0.2) is 77.8 Å². The Hall–Kier alpha value is -4.50. The van der Waals surface area contributed by atoms with Gasteiger partial charge in [-0.15, -0.1) is 0 Å². The van der Waals surface area contributed by atoms with Gasteiger partial charge in [0.25, 0.3) is 5.91 Å². The standard InChI is InChI=1S/C28H27N5O4/c1-33-22-10-6-5-9-21(22)23(17-7-3-2-4-8-17)31-24(25(33)34)32-27(37)30-20-12-11-19-16-28(29,26(35)36)14-13-18(19)15-20/h2-12,15,24H,13-14,16,29H2,1H3,(H,35,36)(H2,30,32,37). The van der Waals surface area contributed by atoms with E-state index in [1.807, 2.05) is 60.7 Å². The quantitative estimate of drug-likeness (QED) is 0.439. The Morgan fingerprint density at radius 1 is 1.05 bits per heavy atom. The van der Waals surface area contributed by atoms with Crippen molar-refractivity contribution < 1.29 is 19.5 Å². The van der Waals surface area contributed by atoms with Gasteiger partial charge in [-0.1, -0.05) is 54.6 Å². The molecule has 2 unspecified atom stereocenters. The van der Waals surface area contributed by atoms with Crippen molar-refractivity contribution in [2.24, 2.45) is 10.7 Å². The Balaban J connectivity index is 1.38. The smallest absolute Gasteiger partial charge is 0.324 e. The SMILES string of the molecule is CN1C(=O)C(NC(=O)Nc2ccc3c(c2)CCC(N)(C(=O)O)C3)N=C(c2ccccc2)c2ccccc21. The van der Waals surface area contributed by atoms with Crippen molar-refractivity contribution in [3.8, 4) is 0 Å². The molecule has 2 atom stereocenters. The zero-order valence-electron chi connectivity index (χ0n) is 20.3. The molecule has 1 heterocycles. The molecule has 0 bridgehead atoms. The number of rotatable bonds is 4. The first kappa shape index (κ1) is 24.2. The number of fused-ring (bicyclic) bond motifs is 2. The lowest BCUT2D eigenvalue weighted by atomic mass is 9.78. The topological polar surface area (TPSA) is 137 Å². The Morgan fingerprint density at radius 3 is 2.54 bits per heavy atom. The fourth-order valence-corrected chi connectivity index (χ4v) is 4.81. The van der Waals surface area contributed by atoms with Crippen LogP contribution < -0.4 is 21.3 Å². The fraction of sp³-hybridized carbons (Fsp3) is 0.214. The second-order valence-corrected chi connectivity index (χ2v) is 9.38. The predicted octanol–water partition coefficient (Wildman–Crippen LogP) is 2.92. The van der Waals surface area contributed by atoms with Crippen LogP contribution >= 0.6 is 0 Å². The average Bonchev–Trinajstić information content (AvgIpc) is 3.00. The summed E-state index contributed by atoms with van der Waals surface area (Å²) >= 11 is 0. The summed E-state index contributed by atoms with van der Waals surface area (Å²) in [6, 6.07) is 21.7. The lowest BCUT2D eigenvalue weighted by Gasteiger charge is -2.31. The minimum absolute atomic E-state index is 0.227. The maximum Gasteiger partial charge on any atom is 0.324 e. The van der Waals surface area contributed by atoms with E-state index in [4.69, 9.17) is 5.73 Å². The third-order valence-corrected chi connectivity index (χ3v) is 6.89. The molecule has 1 aliphatic carbocycles. The van der Waals surface area contributed by atoms with Crippen LogP contribution in [0.4, 0.5) is 16.2 Å². The normalized spacial score (nSPS) is 20.7. The van der Waals surface area contributed by atoms with Crippen molar-refractivity contribution in [1.82, 2.24) is 5.32 Å². The van der Waals surface area contributed by atoms with Gasteiger partial charge in [-0.25, -0.2) is 9.79 Å². The summed E-state index contributed by atoms with van der Waals surface area (Å²) in [7, 11) is 1.66. The molecule has 5 N–H and O–H groups in total. The molecule has 9 nitrogen and oxygen atoms in total. The van der Waals surface area contributed by atoms with Crippen molar-refractivity contribution in [2.45, 2.75) is 31.0 Å². The Kier molecular flexibility index (Phi) is 6.22. The highest BCUT2D eigenvalue weighted by Crippen LogP contribution is 2.30. The van der Waals surface area contributed by atoms with E-state index in [1.54, 1.807) is 19.2 Å². The van der Waals surface area contributed by atoms with E-state index in [9.17, 15) is 19.5 Å². The molecule has 188 valence electrons. The summed E-state index contributed by atoms with van der Waals surface area (Å²) in [4.78, 5) is 44.0. The summed E-state index contributed by atoms with van der Waals surface area (Å²) in [5.41, 5.74) is 10.00. The van der Waals surface area contributed by atoms with Crippen molar-refractivity contribution in [3.63, 3.8) is 0 Å². The molecule has 2 aliphatic rings. The number of urea groups is 1. The summed E-state index contributed by atoms with van der Waals surface area (Å²) in [6.45, 7) is 0. The molecule has 1 aliphatic heterocycles. The maximum atomic E-state index is 13.3. The number of carboxylic acids is 1. The van der Waals surface area contributed by atoms with Crippen LogP contribution in [-0.2, 0) is 22.4 Å². The van der Waals surface area contributed by atoms with Gasteiger partial charge in [0, 0.05) is 30.3 Å². The number of carbonyl (C=O) groups excluding carboxylic acids is 2. The summed E-state index contributed by atoms with van der Waals surface area (Å²) < 4.78 is 0. The number of carboxylic acid groups (broad SMARTS) is 1. The minimum Gasteiger partial charge on any atom is -0.480 e. The first-order valence-corrected chi connectivity index (χ1v) is 12.0. The molecule has 9 heteroatoms. The van der Waals surface area contributed by atoms with E-state index in [0.29, 0.717) is 29.9 Å². The van der Waals surface area contributed by atoms with E-state index in [2.05, 4.69) is 15.6 Å². The van der Waals surface area contributed by atoms with Crippen molar-refractivity contribution >= 4 is 35.0 Å². The Morgan fingerprint density at radius 2 is 1.78 bits per heavy atom. The number of hydrogen-bond acceptors (Lipinski definition) is 5. The largest absolute Gasteiger partial charge is 0.480 e. The molecule has 0 aromatic heterocycles. The van der Waals surface area contributed by atoms with Gasteiger partial charge >= 0.3 is 12.0 Å². The summed E-state index contributed by atoms with van der Waals surface area (Å²) in [6.07, 6.45) is -0.112. The van der Waals surface area contributed by atoms with Crippen LogP contribution in [0.5, 0.6) is 0 Å². The predicted molar refractivity (Wildman–Crippen MR) is 141 cm³/mol. The van der Waals surface area contributed by atoms with Crippen LogP contribution in [0.25, 0.3) is 0 Å². The zero-order chi connectivity index (χ0) is 26.2. The molecule has 0 saturated heterocycles. The third-order valence-electron chi connectivity index (χ3n) is 6.89. The Bertz CT molecular complexity index is 1420. The highest BCUT2D eigenvalue weighted by Gasteiger charge is 2.37. The Labute approximate surface area is 214 Å². The lowest BCUT2D eigenvalue weighted by Crippen LogP contribution is -2.52. The summed E-state index contributed by atoms with van der Waals surface area (Å²) in [5, 5.41) is 14.9. The van der Waals surface area contributed by atoms with E-state index >= 15 is 0 Å². The zero-order valence-corrected chi connectivity index (χ0v) is 20.3. The van der Waals surface area contributed by atoms with Crippen molar-refractivity contribution in [3.05, 3.63) is 95.1 Å². The third kappa shape index (κ3) is 4.68. The number of nitrogens with two attached hydrogens (primary N) is 1. The van der Waals surface area contributed by atoms with Gasteiger partial charge in [-0.2, -0.15) is 0 Å². The number of nitrogens with one attached hydrogen (secondary N) is 2. The van der Waals surface area contributed by atoms with Crippen LogP contribution in [0.3, 0.4) is 0 Å². The van der Waals surface area contributed by atoms with E-state index in [1.165, 1.54) is 4.90 Å². The fourth-order valence-electron chi connectivity index (χ4n) is 4.81. The van der Waals surface area contributed by atoms with Gasteiger partial charge in [0.05, 0.1) is 11.4 Å². The van der Waals surface area contributed by atoms with Crippen LogP contribution in [-0.4, -0.2) is 47.5 Å². The molecule has 0 saturated carbocycles. The second kappa shape index (κ2) is 9.51. The number of amides is 3. The van der Waals surface area contributed by atoms with Crippen LogP contribution in [0.2, 0.25) is 0 Å². The maximum absolute atomic E-state index is 13.3. The number of aliphatic imine (C=N–C) groups is 1. The van der Waals surface area contributed by atoms with Crippen molar-refractivity contribution in [2.75, 3.05) is 17.3 Å². The molecule has 0 spiro atoms. The number of benzodiazepines with no additional fused rings is 1. The highest BCUT2D eigenvalue weighted by atomic mass is 16.4. The number of benzene rings is 3. The van der Waals surface area contributed by atoms with Gasteiger partial charge in [0.1, 0.15) is 5.54 Å². The van der Waals surface area contributed by atoms with E-state index < -0.39 is 23.7 Å². The molecule has 3 amide bonds. The van der Waals surface area contributed by atoms with Gasteiger partial charge in [0.2, 0.25) is 6.17 Å². The molecule has 5 rings (SSSR count). The average molecular weight is 498 g/mol.